The van der Waals surface area contributed by atoms with Gasteiger partial charge in [0.2, 0.25) is 0 Å². The molecule has 0 bridgehead atoms. The van der Waals surface area contributed by atoms with E-state index in [9.17, 15) is 14.7 Å². The number of aromatic nitrogens is 2. The molecule has 2 fully saturated rings. The Morgan fingerprint density at radius 2 is 1.82 bits per heavy atom. The third kappa shape index (κ3) is 5.70. The van der Waals surface area contributed by atoms with Crippen molar-refractivity contribution >= 4 is 12.0 Å². The van der Waals surface area contributed by atoms with Gasteiger partial charge in [0.05, 0.1) is 17.3 Å². The molecule has 3 aromatic rings. The molecule has 8 nitrogen and oxygen atoms in total. The molecule has 1 aromatic heterocycles. The minimum Gasteiger partial charge on any atom is -0.438 e. The normalized spacial score (nSPS) is 20.5. The molecule has 0 radical (unpaired) electrons. The Morgan fingerprint density at radius 3 is 2.39 bits per heavy atom. The van der Waals surface area contributed by atoms with Crippen molar-refractivity contribution in [3.63, 3.8) is 0 Å². The minimum atomic E-state index is -0.998. The summed E-state index contributed by atoms with van der Waals surface area (Å²) in [5.41, 5.74) is 1.84. The van der Waals surface area contributed by atoms with Crippen molar-refractivity contribution < 1.29 is 19.4 Å². The highest BCUT2D eigenvalue weighted by Gasteiger charge is 2.46. The number of carbonyl (C=O) groups excluding carboxylic acids is 2. The Balaban J connectivity index is 1.28. The van der Waals surface area contributed by atoms with Crippen molar-refractivity contribution in [2.45, 2.75) is 69.7 Å². The van der Waals surface area contributed by atoms with E-state index in [4.69, 9.17) is 4.74 Å². The third-order valence-electron chi connectivity index (χ3n) is 7.26. The first-order valence-electron chi connectivity index (χ1n) is 13.2. The topological polar surface area (TPSA) is 105 Å². The number of amides is 2. The van der Waals surface area contributed by atoms with E-state index in [0.29, 0.717) is 30.8 Å². The average molecular weight is 515 g/mol. The second kappa shape index (κ2) is 10.2. The Hall–Kier alpha value is -3.78. The molecule has 38 heavy (non-hydrogen) atoms. The van der Waals surface area contributed by atoms with E-state index in [0.717, 1.165) is 29.5 Å². The maximum absolute atomic E-state index is 13.3. The van der Waals surface area contributed by atoms with Crippen molar-refractivity contribution in [1.82, 2.24) is 20.4 Å². The van der Waals surface area contributed by atoms with Gasteiger partial charge in [-0.2, -0.15) is 0 Å². The molecule has 198 valence electrons. The van der Waals surface area contributed by atoms with Crippen LogP contribution in [-0.4, -0.2) is 50.4 Å². The Morgan fingerprint density at radius 1 is 1.11 bits per heavy atom. The van der Waals surface area contributed by atoms with Crippen LogP contribution in [0.3, 0.4) is 0 Å². The van der Waals surface area contributed by atoms with Crippen LogP contribution in [0.2, 0.25) is 0 Å². The number of cyclic esters (lactones) is 1. The van der Waals surface area contributed by atoms with Gasteiger partial charge in [0, 0.05) is 31.0 Å². The highest BCUT2D eigenvalue weighted by atomic mass is 16.6. The second-order valence-electron chi connectivity index (χ2n) is 11.0. The molecule has 8 heteroatoms. The molecule has 1 aliphatic heterocycles. The van der Waals surface area contributed by atoms with Crippen LogP contribution < -0.4 is 5.32 Å². The van der Waals surface area contributed by atoms with Crippen LogP contribution in [0.1, 0.15) is 74.1 Å². The average Bonchev–Trinajstić information content (AvgIpc) is 3.72. The van der Waals surface area contributed by atoms with Gasteiger partial charge in [0.25, 0.3) is 5.91 Å². The van der Waals surface area contributed by atoms with Gasteiger partial charge in [-0.3, -0.25) is 4.79 Å². The van der Waals surface area contributed by atoms with Gasteiger partial charge in [0.15, 0.2) is 5.69 Å². The van der Waals surface area contributed by atoms with Crippen LogP contribution in [0, 0.1) is 0 Å². The second-order valence-corrected chi connectivity index (χ2v) is 11.0. The van der Waals surface area contributed by atoms with Crippen LogP contribution in [0.25, 0.3) is 11.3 Å². The third-order valence-corrected chi connectivity index (χ3v) is 7.26. The zero-order valence-corrected chi connectivity index (χ0v) is 22.1. The molecule has 1 aliphatic carbocycles. The molecule has 2 atom stereocenters. The van der Waals surface area contributed by atoms with Gasteiger partial charge >= 0.3 is 6.09 Å². The molecular weight excluding hydrogens is 480 g/mol. The van der Waals surface area contributed by atoms with Gasteiger partial charge in [-0.1, -0.05) is 54.6 Å². The lowest BCUT2D eigenvalue weighted by atomic mass is 9.80. The van der Waals surface area contributed by atoms with Crippen LogP contribution in [-0.2, 0) is 10.3 Å². The van der Waals surface area contributed by atoms with E-state index < -0.39 is 17.3 Å². The molecule has 2 aliphatic rings. The smallest absolute Gasteiger partial charge is 0.411 e. The van der Waals surface area contributed by atoms with Crippen molar-refractivity contribution in [3.05, 3.63) is 83.6 Å². The molecule has 2 aromatic carbocycles. The monoisotopic (exact) mass is 514 g/mol. The van der Waals surface area contributed by atoms with Crippen molar-refractivity contribution in [3.8, 4) is 11.3 Å². The zero-order chi connectivity index (χ0) is 26.9. The van der Waals surface area contributed by atoms with E-state index in [1.807, 2.05) is 61.5 Å². The van der Waals surface area contributed by atoms with Crippen molar-refractivity contribution in [2.24, 2.45) is 0 Å². The van der Waals surface area contributed by atoms with Gasteiger partial charge in [-0.05, 0) is 56.9 Å². The summed E-state index contributed by atoms with van der Waals surface area (Å²) in [5, 5.41) is 21.8. The number of rotatable bonds is 8. The van der Waals surface area contributed by atoms with Gasteiger partial charge in [-0.15, -0.1) is 10.2 Å². The van der Waals surface area contributed by atoms with Crippen molar-refractivity contribution in [1.29, 1.82) is 0 Å². The summed E-state index contributed by atoms with van der Waals surface area (Å²) >= 11 is 0. The lowest BCUT2D eigenvalue weighted by molar-refractivity contribution is -0.101. The summed E-state index contributed by atoms with van der Waals surface area (Å²) < 4.78 is 6.12. The molecule has 2 N–H and O–H groups in total. The predicted molar refractivity (Wildman–Crippen MR) is 143 cm³/mol. The molecule has 2 heterocycles. The summed E-state index contributed by atoms with van der Waals surface area (Å²) in [6, 6.07) is 21.0. The van der Waals surface area contributed by atoms with Gasteiger partial charge in [0.1, 0.15) is 5.60 Å². The number of nitrogens with one attached hydrogen (secondary N) is 1. The first kappa shape index (κ1) is 25.9. The fourth-order valence-corrected chi connectivity index (χ4v) is 5.10. The SMILES string of the molecule is CC(c1ccc(-c2ccc(C(=O)NC3CC3)nn2)cc1)N1CCC(CC(C)(C)O)(c2ccccc2)OC1=O. The lowest BCUT2D eigenvalue weighted by Crippen LogP contribution is -2.51. The summed E-state index contributed by atoms with van der Waals surface area (Å²) in [7, 11) is 0. The maximum atomic E-state index is 13.3. The number of hydrogen-bond acceptors (Lipinski definition) is 6. The Labute approximate surface area is 223 Å². The summed E-state index contributed by atoms with van der Waals surface area (Å²) in [4.78, 5) is 27.2. The minimum absolute atomic E-state index is 0.192. The zero-order valence-electron chi connectivity index (χ0n) is 22.1. The standard InChI is InChI=1S/C30H34N4O4/c1-20(34-18-17-30(38-28(34)36,19-29(2,3)37)23-7-5-4-6-8-23)21-9-11-22(12-10-21)25-15-16-26(33-32-25)27(35)31-24-13-14-24/h4-12,15-16,20,24,37H,13-14,17-19H2,1-3H3,(H,31,35). The molecule has 1 saturated carbocycles. The maximum Gasteiger partial charge on any atom is 0.411 e. The van der Waals surface area contributed by atoms with Crippen molar-refractivity contribution in [2.75, 3.05) is 6.54 Å². The summed E-state index contributed by atoms with van der Waals surface area (Å²) in [5.74, 6) is -0.192. The quantitative estimate of drug-likeness (QED) is 0.439. The van der Waals surface area contributed by atoms with Crippen LogP contribution in [0.15, 0.2) is 66.7 Å². The molecule has 2 amide bonds. The van der Waals surface area contributed by atoms with Crippen LogP contribution in [0.5, 0.6) is 0 Å². The fourth-order valence-electron chi connectivity index (χ4n) is 5.10. The van der Waals surface area contributed by atoms with E-state index in [2.05, 4.69) is 15.5 Å². The summed E-state index contributed by atoms with van der Waals surface area (Å²) in [6.07, 6.45) is 2.53. The molecule has 2 unspecified atom stereocenters. The Kier molecular flexibility index (Phi) is 6.92. The largest absolute Gasteiger partial charge is 0.438 e. The number of carbonyl (C=O) groups is 2. The van der Waals surface area contributed by atoms with Crippen LogP contribution >= 0.6 is 0 Å². The van der Waals surface area contributed by atoms with Gasteiger partial charge in [-0.25, -0.2) is 4.79 Å². The number of hydrogen-bond donors (Lipinski definition) is 2. The molecule has 0 spiro atoms. The molecule has 5 rings (SSSR count). The van der Waals surface area contributed by atoms with E-state index in [1.54, 1.807) is 30.9 Å². The van der Waals surface area contributed by atoms with Gasteiger partial charge < -0.3 is 20.1 Å². The lowest BCUT2D eigenvalue weighted by Gasteiger charge is -2.45. The molecular formula is C30H34N4O4. The predicted octanol–water partition coefficient (Wildman–Crippen LogP) is 5.00. The fraction of sp³-hybridized carbons (Fsp3) is 0.400. The summed E-state index contributed by atoms with van der Waals surface area (Å²) in [6.45, 7) is 5.96. The van der Waals surface area contributed by atoms with E-state index in [-0.39, 0.29) is 18.0 Å². The number of benzene rings is 2. The Bertz CT molecular complexity index is 1280. The number of nitrogens with zero attached hydrogens (tertiary/aromatic N) is 3. The number of aliphatic hydroxyl groups is 1. The highest BCUT2D eigenvalue weighted by Crippen LogP contribution is 2.42. The first-order chi connectivity index (χ1) is 18.1. The molecule has 1 saturated heterocycles. The number of ether oxygens (including phenoxy) is 1. The van der Waals surface area contributed by atoms with Crippen LogP contribution in [0.4, 0.5) is 4.79 Å². The highest BCUT2D eigenvalue weighted by molar-refractivity contribution is 5.92. The van der Waals surface area contributed by atoms with E-state index in [1.165, 1.54) is 0 Å². The van der Waals surface area contributed by atoms with E-state index >= 15 is 0 Å². The first-order valence-corrected chi connectivity index (χ1v) is 13.2.